The van der Waals surface area contributed by atoms with Crippen molar-refractivity contribution in [3.63, 3.8) is 0 Å². The average molecular weight is 337 g/mol. The van der Waals surface area contributed by atoms with Gasteiger partial charge in [0.2, 0.25) is 0 Å². The van der Waals surface area contributed by atoms with Crippen molar-refractivity contribution in [2.24, 2.45) is 16.8 Å². The monoisotopic (exact) mass is 337 g/mol. The molecule has 2 heterocycles. The maximum atomic E-state index is 11.5. The zero-order chi connectivity index (χ0) is 11.9. The molecule has 2 aliphatic heterocycles. The molecule has 3 rings (SSSR count). The summed E-state index contributed by atoms with van der Waals surface area (Å²) in [5.74, 6) is 0.624. The molecule has 3 fully saturated rings. The summed E-state index contributed by atoms with van der Waals surface area (Å²) in [7, 11) is 0. The molecule has 0 aromatic heterocycles. The molecule has 90 valence electrons. The Morgan fingerprint density at radius 1 is 1.44 bits per heavy atom. The highest BCUT2D eigenvalue weighted by Crippen LogP contribution is 2.42. The Labute approximate surface area is 109 Å². The average Bonchev–Trinajstić information content (AvgIpc) is 2.16. The lowest BCUT2D eigenvalue weighted by molar-refractivity contribution is 0.0312. The van der Waals surface area contributed by atoms with Crippen LogP contribution >= 0.6 is 22.6 Å². The number of nitrogens with zero attached hydrogens (tertiary/aromatic N) is 1. The van der Waals surface area contributed by atoms with Crippen LogP contribution in [-0.2, 0) is 9.47 Å². The van der Waals surface area contributed by atoms with Crippen molar-refractivity contribution in [3.05, 3.63) is 0 Å². The zero-order valence-corrected chi connectivity index (χ0v) is 11.9. The van der Waals surface area contributed by atoms with Crippen molar-refractivity contribution in [2.75, 3.05) is 13.2 Å². The van der Waals surface area contributed by atoms with E-state index in [1.165, 1.54) is 0 Å². The smallest absolute Gasteiger partial charge is 0.434 e. The molecule has 2 atom stereocenters. The maximum absolute atomic E-state index is 11.5. The second kappa shape index (κ2) is 4.25. The molecule has 1 amide bonds. The van der Waals surface area contributed by atoms with E-state index in [0.717, 1.165) is 5.71 Å². The second-order valence-corrected chi connectivity index (χ2v) is 6.65. The van der Waals surface area contributed by atoms with Crippen molar-refractivity contribution in [1.82, 2.24) is 0 Å². The van der Waals surface area contributed by atoms with E-state index in [1.54, 1.807) is 0 Å². The van der Waals surface area contributed by atoms with Gasteiger partial charge in [0, 0.05) is 21.5 Å². The lowest BCUT2D eigenvalue weighted by Gasteiger charge is -2.47. The Bertz CT molecular complexity index is 321. The fourth-order valence-corrected chi connectivity index (χ4v) is 3.15. The second-order valence-electron chi connectivity index (χ2n) is 5.21. The van der Waals surface area contributed by atoms with Crippen LogP contribution in [0, 0.1) is 11.8 Å². The topological polar surface area (TPSA) is 47.9 Å². The lowest BCUT2D eigenvalue weighted by atomic mass is 9.71. The molecular weight excluding hydrogens is 321 g/mol. The molecule has 2 saturated heterocycles. The summed E-state index contributed by atoms with van der Waals surface area (Å²) in [6.45, 7) is 6.91. The Hall–Kier alpha value is -0.170. The summed E-state index contributed by atoms with van der Waals surface area (Å²) < 4.78 is 11.1. The first kappa shape index (κ1) is 12.3. The minimum Gasteiger partial charge on any atom is -0.442 e. The maximum Gasteiger partial charge on any atom is 0.434 e. The summed E-state index contributed by atoms with van der Waals surface area (Å²) in [6, 6.07) is 0. The minimum atomic E-state index is -0.472. The van der Waals surface area contributed by atoms with Crippen molar-refractivity contribution < 1.29 is 14.3 Å². The van der Waals surface area contributed by atoms with E-state index < -0.39 is 11.7 Å². The number of alkyl halides is 1. The number of halogens is 1. The van der Waals surface area contributed by atoms with Gasteiger partial charge in [-0.3, -0.25) is 0 Å². The van der Waals surface area contributed by atoms with Gasteiger partial charge in [0.1, 0.15) is 5.60 Å². The summed E-state index contributed by atoms with van der Waals surface area (Å²) in [5, 5.41) is 0. The van der Waals surface area contributed by atoms with Crippen LogP contribution in [0.25, 0.3) is 0 Å². The third-order valence-electron chi connectivity index (χ3n) is 2.74. The van der Waals surface area contributed by atoms with Gasteiger partial charge >= 0.3 is 6.09 Å². The molecule has 2 unspecified atom stereocenters. The van der Waals surface area contributed by atoms with E-state index in [-0.39, 0.29) is 0 Å². The van der Waals surface area contributed by atoms with Gasteiger partial charge < -0.3 is 9.47 Å². The highest BCUT2D eigenvalue weighted by Gasteiger charge is 2.49. The third-order valence-corrected chi connectivity index (χ3v) is 4.47. The number of aliphatic imine (C=N–C) groups is 1. The van der Waals surface area contributed by atoms with Gasteiger partial charge in [0.15, 0.2) is 0 Å². The third kappa shape index (κ3) is 2.40. The van der Waals surface area contributed by atoms with Crippen molar-refractivity contribution in [2.45, 2.75) is 30.3 Å². The Balaban J connectivity index is 2.01. The van der Waals surface area contributed by atoms with Crippen LogP contribution in [0.5, 0.6) is 0 Å². The Kier molecular flexibility index (Phi) is 3.27. The van der Waals surface area contributed by atoms with Crippen molar-refractivity contribution >= 4 is 34.4 Å². The van der Waals surface area contributed by atoms with Crippen LogP contribution in [0.15, 0.2) is 4.99 Å². The first-order chi connectivity index (χ1) is 7.38. The highest BCUT2D eigenvalue weighted by atomic mass is 127. The Morgan fingerprint density at radius 3 is 2.44 bits per heavy atom. The van der Waals surface area contributed by atoms with Gasteiger partial charge in [-0.2, -0.15) is 4.99 Å². The molecule has 2 bridgehead atoms. The fourth-order valence-electron chi connectivity index (χ4n) is 2.00. The fraction of sp³-hybridized carbons (Fsp3) is 0.818. The van der Waals surface area contributed by atoms with Gasteiger partial charge in [-0.25, -0.2) is 4.79 Å². The molecule has 5 heteroatoms. The van der Waals surface area contributed by atoms with E-state index in [9.17, 15) is 4.79 Å². The molecule has 0 radical (unpaired) electrons. The standard InChI is InChI=1S/C11H16INO3/c1-11(2,3)16-10(14)13-9-6-4-15-5-7(9)8(6)12/h6-8H,4-5H2,1-3H3. The highest BCUT2D eigenvalue weighted by molar-refractivity contribution is 14.1. The molecule has 1 saturated carbocycles. The van der Waals surface area contributed by atoms with Gasteiger partial charge in [0.25, 0.3) is 0 Å². The Morgan fingerprint density at radius 2 is 2.00 bits per heavy atom. The lowest BCUT2D eigenvalue weighted by Crippen LogP contribution is -2.57. The summed E-state index contributed by atoms with van der Waals surface area (Å²) >= 11 is 2.41. The predicted molar refractivity (Wildman–Crippen MR) is 69.3 cm³/mol. The van der Waals surface area contributed by atoms with E-state index in [2.05, 4.69) is 27.6 Å². The van der Waals surface area contributed by atoms with E-state index >= 15 is 0 Å². The largest absolute Gasteiger partial charge is 0.442 e. The SMILES string of the molecule is CC(C)(C)OC(=O)N=C1C2COCC1C2I. The number of carbonyl (C=O) groups excluding carboxylic acids is 1. The molecule has 0 aromatic rings. The van der Waals surface area contributed by atoms with Gasteiger partial charge in [-0.1, -0.05) is 22.6 Å². The van der Waals surface area contributed by atoms with Crippen LogP contribution in [0.4, 0.5) is 4.79 Å². The van der Waals surface area contributed by atoms with Crippen LogP contribution in [0.2, 0.25) is 0 Å². The number of amides is 1. The van der Waals surface area contributed by atoms with Crippen molar-refractivity contribution in [3.8, 4) is 0 Å². The number of rotatable bonds is 0. The zero-order valence-electron chi connectivity index (χ0n) is 9.70. The summed E-state index contributed by atoms with van der Waals surface area (Å²) in [5.41, 5.74) is 0.500. The number of hydrogen-bond acceptors (Lipinski definition) is 3. The van der Waals surface area contributed by atoms with E-state index in [4.69, 9.17) is 9.47 Å². The minimum absolute atomic E-state index is 0.312. The van der Waals surface area contributed by atoms with Crippen LogP contribution in [-0.4, -0.2) is 34.5 Å². The van der Waals surface area contributed by atoms with Gasteiger partial charge in [-0.15, -0.1) is 0 Å². The summed E-state index contributed by atoms with van der Waals surface area (Å²) in [4.78, 5) is 15.6. The van der Waals surface area contributed by atoms with Crippen molar-refractivity contribution in [1.29, 1.82) is 0 Å². The van der Waals surface area contributed by atoms with Crippen LogP contribution < -0.4 is 0 Å². The first-order valence-corrected chi connectivity index (χ1v) is 6.66. The molecule has 4 nitrogen and oxygen atoms in total. The predicted octanol–water partition coefficient (Wildman–Crippen LogP) is 2.44. The first-order valence-electron chi connectivity index (χ1n) is 5.42. The molecule has 1 aliphatic carbocycles. The summed E-state index contributed by atoms with van der Waals surface area (Å²) in [6.07, 6.45) is -0.470. The van der Waals surface area contributed by atoms with Crippen LogP contribution in [0.3, 0.4) is 0 Å². The van der Waals surface area contributed by atoms with E-state index in [1.807, 2.05) is 20.8 Å². The molecule has 16 heavy (non-hydrogen) atoms. The number of hydrogen-bond donors (Lipinski definition) is 0. The molecule has 0 aromatic carbocycles. The van der Waals surface area contributed by atoms with E-state index in [0.29, 0.717) is 29.0 Å². The number of carbonyl (C=O) groups is 1. The molecule has 0 N–H and O–H groups in total. The normalized spacial score (nSPS) is 33.0. The molecule has 3 aliphatic rings. The quantitative estimate of drug-likeness (QED) is 0.504. The van der Waals surface area contributed by atoms with Gasteiger partial charge in [0.05, 0.1) is 13.2 Å². The molecular formula is C11H16INO3. The molecule has 0 spiro atoms. The number of ether oxygens (including phenoxy) is 2. The van der Waals surface area contributed by atoms with Crippen LogP contribution in [0.1, 0.15) is 20.8 Å². The number of fused-ring (bicyclic) bond motifs is 2. The van der Waals surface area contributed by atoms with Gasteiger partial charge in [-0.05, 0) is 20.8 Å².